The summed E-state index contributed by atoms with van der Waals surface area (Å²) in [7, 11) is 1.21. The third-order valence-electron chi connectivity index (χ3n) is 1.72. The third-order valence-corrected chi connectivity index (χ3v) is 2.63. The molecule has 0 saturated carbocycles. The molecule has 0 spiro atoms. The van der Waals surface area contributed by atoms with Crippen LogP contribution >= 0.6 is 11.3 Å². The van der Waals surface area contributed by atoms with Gasteiger partial charge in [-0.25, -0.2) is 0 Å². The van der Waals surface area contributed by atoms with Gasteiger partial charge in [-0.2, -0.15) is 0 Å². The Balaban J connectivity index is 2.45. The monoisotopic (exact) mass is 226 g/mol. The van der Waals surface area contributed by atoms with Crippen LogP contribution in [0, 0.1) is 0 Å². The minimum absolute atomic E-state index is 0.240. The standard InChI is InChI=1S/C10H10O4S/c1-14-10(13)6-7(11)5-8(12)9-3-2-4-15-9/h2-4H,5-6H2,1H3. The average molecular weight is 226 g/mol. The molecule has 0 N–H and O–H groups in total. The molecule has 0 aromatic carbocycles. The van der Waals surface area contributed by atoms with E-state index in [1.54, 1.807) is 17.5 Å². The van der Waals surface area contributed by atoms with Crippen molar-refractivity contribution >= 4 is 28.9 Å². The van der Waals surface area contributed by atoms with Crippen LogP contribution in [-0.4, -0.2) is 24.6 Å². The lowest BCUT2D eigenvalue weighted by Crippen LogP contribution is -2.13. The Morgan fingerprint density at radius 1 is 1.33 bits per heavy atom. The molecule has 0 radical (unpaired) electrons. The van der Waals surface area contributed by atoms with E-state index in [4.69, 9.17) is 0 Å². The molecule has 0 aliphatic carbocycles. The van der Waals surface area contributed by atoms with E-state index in [0.717, 1.165) is 0 Å². The molecule has 0 saturated heterocycles. The molecule has 1 aromatic heterocycles. The second-order valence-electron chi connectivity index (χ2n) is 2.87. The van der Waals surface area contributed by atoms with Crippen LogP contribution in [0.15, 0.2) is 17.5 Å². The Morgan fingerprint density at radius 3 is 2.60 bits per heavy atom. The van der Waals surface area contributed by atoms with E-state index in [2.05, 4.69) is 4.74 Å². The Kier molecular flexibility index (Phi) is 4.17. The molecule has 5 heteroatoms. The number of ether oxygens (including phenoxy) is 1. The van der Waals surface area contributed by atoms with Gasteiger partial charge in [0.2, 0.25) is 0 Å². The highest BCUT2D eigenvalue weighted by Gasteiger charge is 2.15. The molecule has 0 unspecified atom stereocenters. The number of esters is 1. The van der Waals surface area contributed by atoms with E-state index < -0.39 is 11.8 Å². The smallest absolute Gasteiger partial charge is 0.313 e. The summed E-state index contributed by atoms with van der Waals surface area (Å²) in [4.78, 5) is 33.9. The maximum Gasteiger partial charge on any atom is 0.313 e. The molecule has 0 bridgehead atoms. The molecule has 4 nitrogen and oxygen atoms in total. The summed E-state index contributed by atoms with van der Waals surface area (Å²) in [6, 6.07) is 3.39. The lowest BCUT2D eigenvalue weighted by atomic mass is 10.1. The molecule has 80 valence electrons. The molecule has 0 fully saturated rings. The highest BCUT2D eigenvalue weighted by Crippen LogP contribution is 2.11. The van der Waals surface area contributed by atoms with Gasteiger partial charge in [-0.3, -0.25) is 14.4 Å². The predicted molar refractivity (Wildman–Crippen MR) is 54.9 cm³/mol. The van der Waals surface area contributed by atoms with Crippen molar-refractivity contribution in [2.24, 2.45) is 0 Å². The molecule has 1 heterocycles. The highest BCUT2D eigenvalue weighted by molar-refractivity contribution is 7.12. The minimum atomic E-state index is -0.612. The van der Waals surface area contributed by atoms with Crippen LogP contribution in [0.5, 0.6) is 0 Å². The second kappa shape index (κ2) is 5.41. The highest BCUT2D eigenvalue weighted by atomic mass is 32.1. The lowest BCUT2D eigenvalue weighted by Gasteiger charge is -1.97. The first-order chi connectivity index (χ1) is 7.13. The fourth-order valence-corrected chi connectivity index (χ4v) is 1.66. The van der Waals surface area contributed by atoms with Gasteiger partial charge < -0.3 is 4.74 Å². The number of hydrogen-bond acceptors (Lipinski definition) is 5. The molecule has 0 amide bonds. The summed E-state index contributed by atoms with van der Waals surface area (Å²) in [5, 5.41) is 1.76. The quantitative estimate of drug-likeness (QED) is 0.433. The topological polar surface area (TPSA) is 60.4 Å². The van der Waals surface area contributed by atoms with Crippen molar-refractivity contribution in [2.75, 3.05) is 7.11 Å². The number of thiophene rings is 1. The predicted octanol–water partition coefficient (Wildman–Crippen LogP) is 1.45. The zero-order chi connectivity index (χ0) is 11.3. The van der Waals surface area contributed by atoms with Gasteiger partial charge >= 0.3 is 5.97 Å². The minimum Gasteiger partial charge on any atom is -0.469 e. The molecule has 1 rings (SSSR count). The molecule has 0 aliphatic heterocycles. The van der Waals surface area contributed by atoms with Crippen LogP contribution < -0.4 is 0 Å². The Hall–Kier alpha value is -1.49. The molecule has 1 aromatic rings. The zero-order valence-electron chi connectivity index (χ0n) is 8.19. The summed E-state index contributed by atoms with van der Waals surface area (Å²) < 4.78 is 4.32. The van der Waals surface area contributed by atoms with Crippen LogP contribution in [0.4, 0.5) is 0 Å². The normalized spacial score (nSPS) is 9.67. The van der Waals surface area contributed by atoms with Crippen LogP contribution in [0.2, 0.25) is 0 Å². The SMILES string of the molecule is COC(=O)CC(=O)CC(=O)c1cccs1. The van der Waals surface area contributed by atoms with Crippen molar-refractivity contribution in [1.29, 1.82) is 0 Å². The molecule has 0 atom stereocenters. The summed E-state index contributed by atoms with van der Waals surface area (Å²) in [6.45, 7) is 0. The number of carbonyl (C=O) groups is 3. The summed E-state index contributed by atoms with van der Waals surface area (Å²) in [5.74, 6) is -1.28. The van der Waals surface area contributed by atoms with Gasteiger partial charge in [-0.1, -0.05) is 6.07 Å². The van der Waals surface area contributed by atoms with Gasteiger partial charge in [-0.05, 0) is 11.4 Å². The Morgan fingerprint density at radius 2 is 2.07 bits per heavy atom. The number of Topliss-reactive ketones (excluding diaryl/α,β-unsaturated/α-hetero) is 2. The summed E-state index contributed by atoms with van der Waals surface area (Å²) in [6.07, 6.45) is -0.580. The fourth-order valence-electron chi connectivity index (χ4n) is 0.999. The number of methoxy groups -OCH3 is 1. The van der Waals surface area contributed by atoms with Crippen molar-refractivity contribution in [3.63, 3.8) is 0 Å². The van der Waals surface area contributed by atoms with E-state index in [0.29, 0.717) is 4.88 Å². The zero-order valence-corrected chi connectivity index (χ0v) is 9.00. The van der Waals surface area contributed by atoms with Crippen molar-refractivity contribution in [3.05, 3.63) is 22.4 Å². The first kappa shape index (κ1) is 11.6. The van der Waals surface area contributed by atoms with E-state index >= 15 is 0 Å². The van der Waals surface area contributed by atoms with Gasteiger partial charge in [0.15, 0.2) is 11.6 Å². The van der Waals surface area contributed by atoms with Crippen LogP contribution in [0.1, 0.15) is 22.5 Å². The Labute approximate surface area is 90.9 Å². The number of carbonyl (C=O) groups excluding carboxylic acids is 3. The van der Waals surface area contributed by atoms with Crippen molar-refractivity contribution in [2.45, 2.75) is 12.8 Å². The largest absolute Gasteiger partial charge is 0.469 e. The van der Waals surface area contributed by atoms with Crippen molar-refractivity contribution < 1.29 is 19.1 Å². The van der Waals surface area contributed by atoms with Crippen molar-refractivity contribution in [1.82, 2.24) is 0 Å². The summed E-state index contributed by atoms with van der Waals surface area (Å²) in [5.41, 5.74) is 0. The lowest BCUT2D eigenvalue weighted by molar-refractivity contribution is -0.143. The van der Waals surface area contributed by atoms with E-state index in [1.165, 1.54) is 18.4 Å². The fraction of sp³-hybridized carbons (Fsp3) is 0.300. The first-order valence-electron chi connectivity index (χ1n) is 4.28. The first-order valence-corrected chi connectivity index (χ1v) is 5.16. The third kappa shape index (κ3) is 3.63. The number of hydrogen-bond donors (Lipinski definition) is 0. The van der Waals surface area contributed by atoms with E-state index in [1.807, 2.05) is 0 Å². The van der Waals surface area contributed by atoms with Crippen LogP contribution in [0.3, 0.4) is 0 Å². The number of ketones is 2. The number of rotatable bonds is 5. The van der Waals surface area contributed by atoms with Crippen LogP contribution in [-0.2, 0) is 14.3 Å². The molecule has 15 heavy (non-hydrogen) atoms. The average Bonchev–Trinajstić information content (AvgIpc) is 2.70. The van der Waals surface area contributed by atoms with Crippen LogP contribution in [0.25, 0.3) is 0 Å². The van der Waals surface area contributed by atoms with Gasteiger partial charge in [0.25, 0.3) is 0 Å². The molecular formula is C10H10O4S. The molecule has 0 aliphatic rings. The molecular weight excluding hydrogens is 216 g/mol. The summed E-state index contributed by atoms with van der Waals surface area (Å²) >= 11 is 1.28. The van der Waals surface area contributed by atoms with E-state index in [9.17, 15) is 14.4 Å². The van der Waals surface area contributed by atoms with Gasteiger partial charge in [0.1, 0.15) is 6.42 Å². The maximum atomic E-state index is 11.4. The van der Waals surface area contributed by atoms with Crippen molar-refractivity contribution in [3.8, 4) is 0 Å². The van der Waals surface area contributed by atoms with Gasteiger partial charge in [0, 0.05) is 0 Å². The van der Waals surface area contributed by atoms with Gasteiger partial charge in [-0.15, -0.1) is 11.3 Å². The second-order valence-corrected chi connectivity index (χ2v) is 3.82. The van der Waals surface area contributed by atoms with E-state index in [-0.39, 0.29) is 18.6 Å². The maximum absolute atomic E-state index is 11.4. The Bertz CT molecular complexity index is 367. The van der Waals surface area contributed by atoms with Gasteiger partial charge in [0.05, 0.1) is 18.4 Å².